The Morgan fingerprint density at radius 3 is 2.47 bits per heavy atom. The number of carbonyl (C=O) groups excluding carboxylic acids is 1. The lowest BCUT2D eigenvalue weighted by molar-refractivity contribution is -0.165. The summed E-state index contributed by atoms with van der Waals surface area (Å²) in [5.41, 5.74) is 0.201. The van der Waals surface area contributed by atoms with E-state index >= 15 is 0 Å². The van der Waals surface area contributed by atoms with Crippen molar-refractivity contribution in [3.8, 4) is 0 Å². The Labute approximate surface area is 83.0 Å². The van der Waals surface area contributed by atoms with Crippen molar-refractivity contribution in [2.24, 2.45) is 0 Å². The summed E-state index contributed by atoms with van der Waals surface area (Å²) in [6.45, 7) is 0. The quantitative estimate of drug-likeness (QED) is 0.551. The molecule has 0 unspecified atom stereocenters. The third-order valence-corrected chi connectivity index (χ3v) is 1.56. The average molecular weight is 218 g/mol. The Balaban J connectivity index is 2.79. The molecular formula is C10H6F4O. The van der Waals surface area contributed by atoms with E-state index < -0.39 is 17.8 Å². The Bertz CT molecular complexity index is 393. The number of hydrogen-bond donors (Lipinski definition) is 0. The maximum absolute atomic E-state index is 12.6. The normalized spacial score (nSPS) is 12.0. The van der Waals surface area contributed by atoms with Crippen molar-refractivity contribution < 1.29 is 22.4 Å². The molecule has 1 nitrogen and oxygen atoms in total. The third-order valence-electron chi connectivity index (χ3n) is 1.56. The number of benzene rings is 1. The highest BCUT2D eigenvalue weighted by Gasteiger charge is 2.35. The van der Waals surface area contributed by atoms with Crippen molar-refractivity contribution in [3.63, 3.8) is 0 Å². The zero-order chi connectivity index (χ0) is 11.5. The van der Waals surface area contributed by atoms with Crippen LogP contribution in [-0.4, -0.2) is 12.0 Å². The number of allylic oxidation sites excluding steroid dienone is 1. The highest BCUT2D eigenvalue weighted by atomic mass is 19.4. The average Bonchev–Trinajstić information content (AvgIpc) is 2.12. The largest absolute Gasteiger partial charge is 0.454 e. The number of rotatable bonds is 2. The van der Waals surface area contributed by atoms with E-state index in [-0.39, 0.29) is 5.56 Å². The van der Waals surface area contributed by atoms with E-state index in [1.807, 2.05) is 0 Å². The van der Waals surface area contributed by atoms with Gasteiger partial charge < -0.3 is 0 Å². The van der Waals surface area contributed by atoms with Crippen molar-refractivity contribution in [3.05, 3.63) is 41.7 Å². The van der Waals surface area contributed by atoms with E-state index in [2.05, 4.69) is 0 Å². The Morgan fingerprint density at radius 2 is 1.93 bits per heavy atom. The van der Waals surface area contributed by atoms with E-state index in [4.69, 9.17) is 0 Å². The standard InChI is InChI=1S/C10H6F4O/c11-8-3-1-2-7(6-8)4-5-9(15)10(12,13)14/h1-6H/b5-4+. The van der Waals surface area contributed by atoms with Crippen LogP contribution in [0.2, 0.25) is 0 Å². The fraction of sp³-hybridized carbons (Fsp3) is 0.100. The molecule has 0 atom stereocenters. The van der Waals surface area contributed by atoms with Crippen LogP contribution in [0.15, 0.2) is 30.3 Å². The number of carbonyl (C=O) groups is 1. The minimum Gasteiger partial charge on any atom is -0.285 e. The van der Waals surface area contributed by atoms with Gasteiger partial charge in [0.2, 0.25) is 0 Å². The molecule has 0 bridgehead atoms. The van der Waals surface area contributed by atoms with E-state index in [1.54, 1.807) is 0 Å². The molecule has 15 heavy (non-hydrogen) atoms. The minimum absolute atomic E-state index is 0.201. The Kier molecular flexibility index (Phi) is 3.24. The van der Waals surface area contributed by atoms with Crippen LogP contribution in [0.3, 0.4) is 0 Å². The summed E-state index contributed by atoms with van der Waals surface area (Å²) in [6, 6.07) is 4.92. The summed E-state index contributed by atoms with van der Waals surface area (Å²) < 4.78 is 47.9. The van der Waals surface area contributed by atoms with Crippen LogP contribution in [-0.2, 0) is 4.79 Å². The lowest BCUT2D eigenvalue weighted by Crippen LogP contribution is -2.19. The van der Waals surface area contributed by atoms with E-state index in [0.29, 0.717) is 6.08 Å². The summed E-state index contributed by atoms with van der Waals surface area (Å²) in [4.78, 5) is 10.4. The zero-order valence-corrected chi connectivity index (χ0v) is 7.38. The highest BCUT2D eigenvalue weighted by molar-refractivity contribution is 5.97. The van der Waals surface area contributed by atoms with Crippen molar-refractivity contribution in [2.45, 2.75) is 6.18 Å². The molecule has 0 spiro atoms. The molecule has 0 saturated heterocycles. The second-order valence-corrected chi connectivity index (χ2v) is 2.75. The number of halogens is 4. The monoisotopic (exact) mass is 218 g/mol. The molecule has 0 heterocycles. The molecule has 0 aliphatic heterocycles. The SMILES string of the molecule is O=C(/C=C/c1cccc(F)c1)C(F)(F)F. The molecule has 0 fully saturated rings. The molecule has 0 saturated carbocycles. The van der Waals surface area contributed by atoms with Gasteiger partial charge in [-0.1, -0.05) is 18.2 Å². The molecule has 0 aromatic heterocycles. The first-order chi connectivity index (χ1) is 6.89. The van der Waals surface area contributed by atoms with Gasteiger partial charge in [0.15, 0.2) is 0 Å². The molecule has 0 amide bonds. The van der Waals surface area contributed by atoms with E-state index in [1.165, 1.54) is 12.1 Å². The van der Waals surface area contributed by atoms with Crippen LogP contribution >= 0.6 is 0 Å². The molecule has 0 radical (unpaired) electrons. The van der Waals surface area contributed by atoms with Gasteiger partial charge in [-0.25, -0.2) is 4.39 Å². The smallest absolute Gasteiger partial charge is 0.285 e. The maximum Gasteiger partial charge on any atom is 0.454 e. The predicted octanol–water partition coefficient (Wildman–Crippen LogP) is 2.97. The lowest BCUT2D eigenvalue weighted by atomic mass is 10.2. The molecule has 0 N–H and O–H groups in total. The van der Waals surface area contributed by atoms with Gasteiger partial charge in [0, 0.05) is 0 Å². The van der Waals surface area contributed by atoms with Gasteiger partial charge in [-0.3, -0.25) is 4.79 Å². The molecule has 0 aliphatic carbocycles. The van der Waals surface area contributed by atoms with Crippen LogP contribution in [0.25, 0.3) is 6.08 Å². The lowest BCUT2D eigenvalue weighted by Gasteiger charge is -1.99. The highest BCUT2D eigenvalue weighted by Crippen LogP contribution is 2.17. The first kappa shape index (κ1) is 11.4. The number of hydrogen-bond acceptors (Lipinski definition) is 1. The molecular weight excluding hydrogens is 212 g/mol. The fourth-order valence-electron chi connectivity index (χ4n) is 0.877. The first-order valence-electron chi connectivity index (χ1n) is 3.94. The van der Waals surface area contributed by atoms with E-state index in [9.17, 15) is 22.4 Å². The van der Waals surface area contributed by atoms with Crippen molar-refractivity contribution in [1.82, 2.24) is 0 Å². The number of alkyl halides is 3. The topological polar surface area (TPSA) is 17.1 Å². The second-order valence-electron chi connectivity index (χ2n) is 2.75. The summed E-state index contributed by atoms with van der Waals surface area (Å²) in [5.74, 6) is -2.54. The third kappa shape index (κ3) is 3.53. The molecule has 1 rings (SSSR count). The minimum atomic E-state index is -4.89. The summed E-state index contributed by atoms with van der Waals surface area (Å²) in [7, 11) is 0. The molecule has 1 aromatic carbocycles. The van der Waals surface area contributed by atoms with Crippen LogP contribution in [0.1, 0.15) is 5.56 Å². The zero-order valence-electron chi connectivity index (χ0n) is 7.38. The van der Waals surface area contributed by atoms with Crippen LogP contribution < -0.4 is 0 Å². The van der Waals surface area contributed by atoms with Crippen LogP contribution in [0, 0.1) is 5.82 Å². The van der Waals surface area contributed by atoms with Gasteiger partial charge in [-0.15, -0.1) is 0 Å². The van der Waals surface area contributed by atoms with Gasteiger partial charge >= 0.3 is 6.18 Å². The molecule has 5 heteroatoms. The van der Waals surface area contributed by atoms with Gasteiger partial charge in [-0.2, -0.15) is 13.2 Å². The van der Waals surface area contributed by atoms with E-state index in [0.717, 1.165) is 18.2 Å². The first-order valence-corrected chi connectivity index (χ1v) is 3.94. The van der Waals surface area contributed by atoms with Crippen molar-refractivity contribution in [1.29, 1.82) is 0 Å². The molecule has 0 aliphatic rings. The Hall–Kier alpha value is -1.65. The Morgan fingerprint density at radius 1 is 1.27 bits per heavy atom. The van der Waals surface area contributed by atoms with Crippen LogP contribution in [0.4, 0.5) is 17.6 Å². The summed E-state index contributed by atoms with van der Waals surface area (Å²) in [6.07, 6.45) is -3.60. The van der Waals surface area contributed by atoms with Gasteiger partial charge in [0.25, 0.3) is 5.78 Å². The van der Waals surface area contributed by atoms with Crippen molar-refractivity contribution >= 4 is 11.9 Å². The van der Waals surface area contributed by atoms with Gasteiger partial charge in [0.05, 0.1) is 0 Å². The maximum atomic E-state index is 12.6. The number of ketones is 1. The summed E-state index contributed by atoms with van der Waals surface area (Å²) in [5, 5.41) is 0. The van der Waals surface area contributed by atoms with Gasteiger partial charge in [-0.05, 0) is 23.8 Å². The molecule has 1 aromatic rings. The van der Waals surface area contributed by atoms with Gasteiger partial charge in [0.1, 0.15) is 5.82 Å². The predicted molar refractivity (Wildman–Crippen MR) is 46.5 cm³/mol. The molecule has 80 valence electrons. The van der Waals surface area contributed by atoms with Crippen LogP contribution in [0.5, 0.6) is 0 Å². The summed E-state index contributed by atoms with van der Waals surface area (Å²) >= 11 is 0. The fourth-order valence-corrected chi connectivity index (χ4v) is 0.877. The second kappa shape index (κ2) is 4.25. The van der Waals surface area contributed by atoms with Crippen molar-refractivity contribution in [2.75, 3.05) is 0 Å².